The molecule has 1 N–H and O–H groups in total. The van der Waals surface area contributed by atoms with E-state index in [1.165, 1.54) is 0 Å². The van der Waals surface area contributed by atoms with E-state index in [9.17, 15) is 0 Å². The Morgan fingerprint density at radius 1 is 1.50 bits per heavy atom. The molecule has 0 radical (unpaired) electrons. The van der Waals surface area contributed by atoms with Crippen LogP contribution in [0.25, 0.3) is 0 Å². The van der Waals surface area contributed by atoms with Crippen LogP contribution in [0.15, 0.2) is 0 Å². The quantitative estimate of drug-likeness (QED) is 0.826. The lowest BCUT2D eigenvalue weighted by atomic mass is 9.92. The van der Waals surface area contributed by atoms with E-state index in [1.54, 1.807) is 0 Å². The fourth-order valence-electron chi connectivity index (χ4n) is 2.31. The maximum absolute atomic E-state index is 5.42. The van der Waals surface area contributed by atoms with Gasteiger partial charge < -0.3 is 4.74 Å². The van der Waals surface area contributed by atoms with Crippen LogP contribution in [-0.4, -0.2) is 28.0 Å². The van der Waals surface area contributed by atoms with Crippen LogP contribution in [0.5, 0.6) is 0 Å². The van der Waals surface area contributed by atoms with Gasteiger partial charge in [-0.1, -0.05) is 6.92 Å². The summed E-state index contributed by atoms with van der Waals surface area (Å²) in [5.74, 6) is 1.08. The molecule has 0 spiro atoms. The molecule has 5 heteroatoms. The minimum Gasteiger partial charge on any atom is -0.381 e. The summed E-state index contributed by atoms with van der Waals surface area (Å²) in [7, 11) is 0. The van der Waals surface area contributed by atoms with Gasteiger partial charge in [-0.15, -0.1) is 0 Å². The van der Waals surface area contributed by atoms with Crippen molar-refractivity contribution >= 4 is 12.2 Å². The van der Waals surface area contributed by atoms with Crippen molar-refractivity contribution < 1.29 is 4.74 Å². The lowest BCUT2D eigenvalue weighted by Crippen LogP contribution is -2.38. The molecule has 0 bridgehead atoms. The number of hydrogen-bond donors (Lipinski definition) is 1. The van der Waals surface area contributed by atoms with Crippen molar-refractivity contribution in [3.63, 3.8) is 0 Å². The number of aryl methyl sites for hydroxylation is 1. The van der Waals surface area contributed by atoms with Gasteiger partial charge in [-0.2, -0.15) is 5.10 Å². The number of nitrogens with zero attached hydrogens (tertiary/aromatic N) is 2. The summed E-state index contributed by atoms with van der Waals surface area (Å²) < 4.78 is 8.37. The van der Waals surface area contributed by atoms with Crippen molar-refractivity contribution in [3.8, 4) is 0 Å². The van der Waals surface area contributed by atoms with Crippen LogP contribution in [0.4, 0.5) is 0 Å². The van der Waals surface area contributed by atoms with Gasteiger partial charge in [0.05, 0.1) is 5.54 Å². The Balaban J connectivity index is 2.37. The molecule has 0 amide bonds. The normalized spacial score (nSPS) is 19.9. The molecule has 1 aromatic heterocycles. The summed E-state index contributed by atoms with van der Waals surface area (Å²) in [4.78, 5) is 0. The lowest BCUT2D eigenvalue weighted by molar-refractivity contribution is 0.0276. The Kier molecular flexibility index (Phi) is 3.44. The highest BCUT2D eigenvalue weighted by Gasteiger charge is 2.31. The Bertz CT molecular complexity index is 404. The fourth-order valence-corrected chi connectivity index (χ4v) is 2.68. The molecule has 1 fully saturated rings. The average Bonchev–Trinajstić information content (AvgIpc) is 2.62. The number of rotatable bonds is 3. The van der Waals surface area contributed by atoms with Crippen molar-refractivity contribution in [2.75, 3.05) is 13.2 Å². The Morgan fingerprint density at radius 2 is 2.19 bits per heavy atom. The molecule has 2 rings (SSSR count). The van der Waals surface area contributed by atoms with E-state index in [1.807, 2.05) is 0 Å². The fraction of sp³-hybridized carbons (Fsp3) is 0.818. The molecule has 0 atom stereocenters. The largest absolute Gasteiger partial charge is 0.381 e. The highest BCUT2D eigenvalue weighted by Crippen LogP contribution is 2.30. The topological polar surface area (TPSA) is 42.8 Å². The van der Waals surface area contributed by atoms with E-state index >= 15 is 0 Å². The SMILES string of the molecule is CCCc1n[nH]c(=S)n1C1(C)CCOCC1. The molecule has 1 aliphatic rings. The third-order valence-corrected chi connectivity index (χ3v) is 3.60. The van der Waals surface area contributed by atoms with Crippen LogP contribution >= 0.6 is 12.2 Å². The van der Waals surface area contributed by atoms with Crippen LogP contribution < -0.4 is 0 Å². The number of aromatic amines is 1. The van der Waals surface area contributed by atoms with Crippen molar-refractivity contribution in [3.05, 3.63) is 10.6 Å². The van der Waals surface area contributed by atoms with E-state index in [0.29, 0.717) is 0 Å². The van der Waals surface area contributed by atoms with E-state index in [-0.39, 0.29) is 5.54 Å². The van der Waals surface area contributed by atoms with E-state index in [4.69, 9.17) is 17.0 Å². The lowest BCUT2D eigenvalue weighted by Gasteiger charge is -2.35. The standard InChI is InChI=1S/C11H19N3OS/c1-3-4-9-12-13-10(16)14(9)11(2)5-7-15-8-6-11/h3-8H2,1-2H3,(H,13,16). The van der Waals surface area contributed by atoms with Gasteiger partial charge in [0.2, 0.25) is 0 Å². The second kappa shape index (κ2) is 4.67. The monoisotopic (exact) mass is 241 g/mol. The molecule has 90 valence electrons. The maximum atomic E-state index is 5.42. The van der Waals surface area contributed by atoms with Crippen molar-refractivity contribution in [2.24, 2.45) is 0 Å². The first kappa shape index (κ1) is 11.8. The molecular weight excluding hydrogens is 222 g/mol. The predicted molar refractivity (Wildman–Crippen MR) is 65.1 cm³/mol. The number of aromatic nitrogens is 3. The van der Waals surface area contributed by atoms with E-state index in [0.717, 1.165) is 49.5 Å². The molecule has 1 aliphatic heterocycles. The second-order valence-electron chi connectivity index (χ2n) is 4.64. The number of H-pyrrole nitrogens is 1. The molecule has 16 heavy (non-hydrogen) atoms. The summed E-state index contributed by atoms with van der Waals surface area (Å²) in [6.45, 7) is 6.04. The van der Waals surface area contributed by atoms with Crippen LogP contribution in [0.3, 0.4) is 0 Å². The third-order valence-electron chi connectivity index (χ3n) is 3.33. The highest BCUT2D eigenvalue weighted by atomic mass is 32.1. The zero-order valence-corrected chi connectivity index (χ0v) is 10.8. The highest BCUT2D eigenvalue weighted by molar-refractivity contribution is 7.71. The van der Waals surface area contributed by atoms with Gasteiger partial charge in [0, 0.05) is 19.6 Å². The molecule has 4 nitrogen and oxygen atoms in total. The Hall–Kier alpha value is -0.680. The third kappa shape index (κ3) is 2.06. The van der Waals surface area contributed by atoms with Crippen molar-refractivity contribution in [2.45, 2.75) is 45.1 Å². The van der Waals surface area contributed by atoms with E-state index < -0.39 is 0 Å². The zero-order valence-electron chi connectivity index (χ0n) is 9.95. The van der Waals surface area contributed by atoms with Gasteiger partial charge in [0.1, 0.15) is 5.82 Å². The molecule has 1 aromatic rings. The van der Waals surface area contributed by atoms with Crippen LogP contribution in [-0.2, 0) is 16.7 Å². The first-order valence-corrected chi connectivity index (χ1v) is 6.33. The van der Waals surface area contributed by atoms with Crippen LogP contribution in [0.2, 0.25) is 0 Å². The van der Waals surface area contributed by atoms with Gasteiger partial charge in [0.25, 0.3) is 0 Å². The van der Waals surface area contributed by atoms with Crippen molar-refractivity contribution in [1.29, 1.82) is 0 Å². The molecule has 0 saturated carbocycles. The second-order valence-corrected chi connectivity index (χ2v) is 5.03. The first-order valence-electron chi connectivity index (χ1n) is 5.92. The summed E-state index contributed by atoms with van der Waals surface area (Å²) in [5, 5.41) is 7.25. The van der Waals surface area contributed by atoms with Crippen LogP contribution in [0.1, 0.15) is 38.9 Å². The molecule has 0 unspecified atom stereocenters. The summed E-state index contributed by atoms with van der Waals surface area (Å²) in [6, 6.07) is 0. The summed E-state index contributed by atoms with van der Waals surface area (Å²) >= 11 is 5.34. The van der Waals surface area contributed by atoms with Gasteiger partial charge in [-0.3, -0.25) is 9.67 Å². The van der Waals surface area contributed by atoms with Crippen LogP contribution in [0, 0.1) is 4.77 Å². The molecule has 2 heterocycles. The molecule has 0 aliphatic carbocycles. The Morgan fingerprint density at radius 3 is 2.81 bits per heavy atom. The first-order chi connectivity index (χ1) is 7.67. The maximum Gasteiger partial charge on any atom is 0.195 e. The smallest absolute Gasteiger partial charge is 0.195 e. The van der Waals surface area contributed by atoms with Gasteiger partial charge in [-0.25, -0.2) is 0 Å². The number of hydrogen-bond acceptors (Lipinski definition) is 3. The predicted octanol–water partition coefficient (Wildman–Crippen LogP) is 2.42. The molecular formula is C11H19N3OS. The number of ether oxygens (including phenoxy) is 1. The van der Waals surface area contributed by atoms with Crippen molar-refractivity contribution in [1.82, 2.24) is 14.8 Å². The summed E-state index contributed by atoms with van der Waals surface area (Å²) in [6.07, 6.45) is 4.09. The van der Waals surface area contributed by atoms with E-state index in [2.05, 4.69) is 28.6 Å². The molecule has 0 aromatic carbocycles. The zero-order chi connectivity index (χ0) is 11.6. The molecule has 1 saturated heterocycles. The van der Waals surface area contributed by atoms with Gasteiger partial charge in [-0.05, 0) is 38.4 Å². The number of nitrogens with one attached hydrogen (secondary N) is 1. The minimum atomic E-state index is 0.0762. The Labute approximate surface area is 101 Å². The van der Waals surface area contributed by atoms with Gasteiger partial charge >= 0.3 is 0 Å². The van der Waals surface area contributed by atoms with Gasteiger partial charge in [0.15, 0.2) is 4.77 Å². The minimum absolute atomic E-state index is 0.0762. The average molecular weight is 241 g/mol. The summed E-state index contributed by atoms with van der Waals surface area (Å²) in [5.41, 5.74) is 0.0762.